The maximum absolute atomic E-state index is 2.29. The first-order valence-corrected chi connectivity index (χ1v) is 15.5. The standard InChI is InChI=1S/C44H31N/c1-3-16-34(17-4-1)45(35-18-5-2-6-19-35)36-29-26-32(27-30-36)28-31-40-38-21-9-11-23-42(38)44(43-24-12-10-22-39(40)43)41-25-13-15-33-14-7-8-20-37(33)41/h1-31H. The normalized spacial score (nSPS) is 11.5. The van der Waals surface area contributed by atoms with Crippen LogP contribution in [0.1, 0.15) is 11.1 Å². The van der Waals surface area contributed by atoms with Gasteiger partial charge in [-0.05, 0) is 91.0 Å². The van der Waals surface area contributed by atoms with E-state index in [0.29, 0.717) is 0 Å². The molecule has 0 radical (unpaired) electrons. The molecule has 0 aliphatic carbocycles. The number of anilines is 3. The number of nitrogens with zero attached hydrogens (tertiary/aromatic N) is 1. The molecular formula is C44H31N. The van der Waals surface area contributed by atoms with E-state index in [9.17, 15) is 0 Å². The summed E-state index contributed by atoms with van der Waals surface area (Å²) in [6, 6.07) is 62.9. The molecule has 0 saturated carbocycles. The smallest absolute Gasteiger partial charge is 0.0462 e. The predicted octanol–water partition coefficient (Wildman–Crippen LogP) is 12.5. The molecule has 8 aromatic carbocycles. The number of benzene rings is 8. The summed E-state index contributed by atoms with van der Waals surface area (Å²) in [4.78, 5) is 2.29. The fraction of sp³-hybridized carbons (Fsp3) is 0. The van der Waals surface area contributed by atoms with E-state index in [4.69, 9.17) is 0 Å². The average Bonchev–Trinajstić information content (AvgIpc) is 3.11. The summed E-state index contributed by atoms with van der Waals surface area (Å²) < 4.78 is 0. The Kier molecular flexibility index (Phi) is 6.90. The highest BCUT2D eigenvalue weighted by atomic mass is 15.1. The van der Waals surface area contributed by atoms with E-state index in [0.717, 1.165) is 22.6 Å². The van der Waals surface area contributed by atoms with Gasteiger partial charge in [0, 0.05) is 17.1 Å². The van der Waals surface area contributed by atoms with Gasteiger partial charge >= 0.3 is 0 Å². The van der Waals surface area contributed by atoms with Crippen molar-refractivity contribution in [2.45, 2.75) is 0 Å². The van der Waals surface area contributed by atoms with Crippen LogP contribution in [0.2, 0.25) is 0 Å². The van der Waals surface area contributed by atoms with Crippen LogP contribution in [0.25, 0.3) is 55.6 Å². The Labute approximate surface area is 264 Å². The first-order chi connectivity index (χ1) is 22.3. The fourth-order valence-electron chi connectivity index (χ4n) is 6.59. The summed E-state index contributed by atoms with van der Waals surface area (Å²) in [5.41, 5.74) is 8.36. The van der Waals surface area contributed by atoms with Gasteiger partial charge in [-0.3, -0.25) is 0 Å². The Morgan fingerprint density at radius 3 is 1.40 bits per heavy atom. The van der Waals surface area contributed by atoms with E-state index in [1.54, 1.807) is 0 Å². The Hall–Kier alpha value is -5.92. The van der Waals surface area contributed by atoms with Gasteiger partial charge in [-0.2, -0.15) is 0 Å². The van der Waals surface area contributed by atoms with E-state index < -0.39 is 0 Å². The third kappa shape index (κ3) is 4.95. The minimum Gasteiger partial charge on any atom is -0.311 e. The second-order valence-electron chi connectivity index (χ2n) is 11.3. The third-order valence-corrected chi connectivity index (χ3v) is 8.65. The lowest BCUT2D eigenvalue weighted by atomic mass is 9.86. The van der Waals surface area contributed by atoms with Crippen molar-refractivity contribution in [2.75, 3.05) is 4.90 Å². The molecule has 8 aromatic rings. The summed E-state index contributed by atoms with van der Waals surface area (Å²) in [6.45, 7) is 0. The Bertz CT molecular complexity index is 2200. The monoisotopic (exact) mass is 573 g/mol. The number of hydrogen-bond donors (Lipinski definition) is 0. The van der Waals surface area contributed by atoms with E-state index in [1.165, 1.54) is 49.0 Å². The lowest BCUT2D eigenvalue weighted by molar-refractivity contribution is 1.28. The van der Waals surface area contributed by atoms with E-state index in [1.807, 2.05) is 0 Å². The molecule has 0 bridgehead atoms. The molecule has 0 unspecified atom stereocenters. The summed E-state index contributed by atoms with van der Waals surface area (Å²) in [5, 5.41) is 7.58. The summed E-state index contributed by atoms with van der Waals surface area (Å²) in [7, 11) is 0. The van der Waals surface area contributed by atoms with Gasteiger partial charge in [0.2, 0.25) is 0 Å². The maximum atomic E-state index is 2.29. The number of para-hydroxylation sites is 2. The van der Waals surface area contributed by atoms with Crippen LogP contribution < -0.4 is 4.90 Å². The molecule has 45 heavy (non-hydrogen) atoms. The number of hydrogen-bond acceptors (Lipinski definition) is 1. The molecule has 0 aliphatic heterocycles. The van der Waals surface area contributed by atoms with Gasteiger partial charge in [-0.15, -0.1) is 0 Å². The van der Waals surface area contributed by atoms with Crippen molar-refractivity contribution in [1.82, 2.24) is 0 Å². The van der Waals surface area contributed by atoms with Gasteiger partial charge in [0.1, 0.15) is 0 Å². The summed E-state index contributed by atoms with van der Waals surface area (Å²) in [6.07, 6.45) is 4.53. The number of fused-ring (bicyclic) bond motifs is 3. The van der Waals surface area contributed by atoms with E-state index >= 15 is 0 Å². The minimum absolute atomic E-state index is 1.12. The van der Waals surface area contributed by atoms with Gasteiger partial charge in [-0.1, -0.05) is 152 Å². The fourth-order valence-corrected chi connectivity index (χ4v) is 6.59. The molecule has 0 atom stereocenters. The van der Waals surface area contributed by atoms with Crippen LogP contribution in [0.5, 0.6) is 0 Å². The minimum atomic E-state index is 1.12. The first-order valence-electron chi connectivity index (χ1n) is 15.5. The van der Waals surface area contributed by atoms with Gasteiger partial charge in [0.15, 0.2) is 0 Å². The largest absolute Gasteiger partial charge is 0.311 e. The zero-order valence-corrected chi connectivity index (χ0v) is 24.8. The quantitative estimate of drug-likeness (QED) is 0.141. The van der Waals surface area contributed by atoms with Crippen LogP contribution in [0.15, 0.2) is 176 Å². The van der Waals surface area contributed by atoms with Crippen LogP contribution in [-0.4, -0.2) is 0 Å². The first kappa shape index (κ1) is 26.7. The average molecular weight is 574 g/mol. The van der Waals surface area contributed by atoms with Crippen molar-refractivity contribution >= 4 is 61.5 Å². The maximum Gasteiger partial charge on any atom is 0.0462 e. The Morgan fingerprint density at radius 2 is 0.800 bits per heavy atom. The second-order valence-corrected chi connectivity index (χ2v) is 11.3. The highest BCUT2D eigenvalue weighted by Gasteiger charge is 2.16. The molecule has 0 saturated heterocycles. The van der Waals surface area contributed by atoms with Crippen molar-refractivity contribution in [2.24, 2.45) is 0 Å². The predicted molar refractivity (Wildman–Crippen MR) is 194 cm³/mol. The van der Waals surface area contributed by atoms with Crippen molar-refractivity contribution in [3.63, 3.8) is 0 Å². The molecular weight excluding hydrogens is 542 g/mol. The SMILES string of the molecule is C(=Cc1c2ccccc2c(-c2cccc3ccccc23)c2ccccc12)c1ccc(N(c2ccccc2)c2ccccc2)cc1. The highest BCUT2D eigenvalue weighted by Crippen LogP contribution is 2.42. The van der Waals surface area contributed by atoms with Crippen molar-refractivity contribution in [1.29, 1.82) is 0 Å². The van der Waals surface area contributed by atoms with Crippen molar-refractivity contribution in [3.05, 3.63) is 187 Å². The molecule has 0 aliphatic rings. The Morgan fingerprint density at radius 1 is 0.333 bits per heavy atom. The van der Waals surface area contributed by atoms with Crippen LogP contribution in [-0.2, 0) is 0 Å². The molecule has 1 heteroatoms. The van der Waals surface area contributed by atoms with E-state index in [2.05, 4.69) is 193 Å². The molecule has 0 heterocycles. The summed E-state index contributed by atoms with van der Waals surface area (Å²) >= 11 is 0. The van der Waals surface area contributed by atoms with Crippen LogP contribution in [0.4, 0.5) is 17.1 Å². The molecule has 0 fully saturated rings. The molecule has 1 nitrogen and oxygen atoms in total. The van der Waals surface area contributed by atoms with Gasteiger partial charge in [-0.25, -0.2) is 0 Å². The molecule has 0 N–H and O–H groups in total. The molecule has 0 amide bonds. The van der Waals surface area contributed by atoms with Gasteiger partial charge < -0.3 is 4.90 Å². The van der Waals surface area contributed by atoms with Crippen LogP contribution in [0, 0.1) is 0 Å². The van der Waals surface area contributed by atoms with Gasteiger partial charge in [0.05, 0.1) is 0 Å². The highest BCUT2D eigenvalue weighted by molar-refractivity contribution is 6.20. The molecule has 0 spiro atoms. The lowest BCUT2D eigenvalue weighted by Crippen LogP contribution is -2.09. The zero-order valence-electron chi connectivity index (χ0n) is 24.8. The molecule has 8 rings (SSSR count). The zero-order chi connectivity index (χ0) is 30.0. The number of rotatable bonds is 6. The summed E-state index contributed by atoms with van der Waals surface area (Å²) in [5.74, 6) is 0. The molecule has 0 aromatic heterocycles. The van der Waals surface area contributed by atoms with Crippen LogP contribution in [0.3, 0.4) is 0 Å². The topological polar surface area (TPSA) is 3.24 Å². The van der Waals surface area contributed by atoms with E-state index in [-0.39, 0.29) is 0 Å². The molecule has 212 valence electrons. The second kappa shape index (κ2) is 11.6. The Balaban J connectivity index is 1.24. The third-order valence-electron chi connectivity index (χ3n) is 8.65. The van der Waals surface area contributed by atoms with Gasteiger partial charge in [0.25, 0.3) is 0 Å². The lowest BCUT2D eigenvalue weighted by Gasteiger charge is -2.25. The van der Waals surface area contributed by atoms with Crippen molar-refractivity contribution in [3.8, 4) is 11.1 Å². The van der Waals surface area contributed by atoms with Crippen molar-refractivity contribution < 1.29 is 0 Å². The van der Waals surface area contributed by atoms with Crippen LogP contribution >= 0.6 is 0 Å².